The van der Waals surface area contributed by atoms with Crippen LogP contribution in [0, 0.1) is 5.41 Å². The number of nitrogens with two attached hydrogens (primary N) is 1. The van der Waals surface area contributed by atoms with E-state index in [2.05, 4.69) is 16.0 Å². The number of ether oxygens (including phenoxy) is 1. The van der Waals surface area contributed by atoms with Gasteiger partial charge in [-0.05, 0) is 30.5 Å². The highest BCUT2D eigenvalue weighted by Gasteiger charge is 2.41. The van der Waals surface area contributed by atoms with Crippen LogP contribution >= 0.6 is 0 Å². The van der Waals surface area contributed by atoms with E-state index in [1.54, 1.807) is 0 Å². The van der Waals surface area contributed by atoms with Gasteiger partial charge in [0, 0.05) is 11.5 Å². The minimum Gasteiger partial charge on any atom is -0.453 e. The maximum Gasteiger partial charge on any atom is 0.407 e. The third-order valence-corrected chi connectivity index (χ3v) is 6.63. The molecule has 3 atom stereocenters. The second kappa shape index (κ2) is 12.3. The molecule has 0 radical (unpaired) electrons. The fourth-order valence-electron chi connectivity index (χ4n) is 4.69. The molecular weight excluding hydrogens is 488 g/mol. The standard InChI is InChI=1S/C27H32N6O5/c1-37-27(36)31-22(21(17-9-4-2-5-10-17)18-11-6-3-7-12-18)26(35)32-25(23(34)20-13-8-14-30-20)33-15-19(16-38-33)24(28)29/h2-7,9-12,16,20-22,25,30H,8,13-15H2,1H3,(H3,28,29)(H,31,36)(H,32,35)/t20-,22+,25?/m0/s1. The molecule has 0 bridgehead atoms. The number of methoxy groups -OCH3 is 1. The third-order valence-electron chi connectivity index (χ3n) is 6.63. The molecule has 4 rings (SSSR count). The molecule has 2 aliphatic rings. The van der Waals surface area contributed by atoms with Crippen molar-refractivity contribution >= 4 is 23.6 Å². The first-order chi connectivity index (χ1) is 18.4. The first-order valence-electron chi connectivity index (χ1n) is 12.4. The van der Waals surface area contributed by atoms with Gasteiger partial charge in [-0.3, -0.25) is 15.0 Å². The lowest BCUT2D eigenvalue weighted by atomic mass is 9.84. The Bertz CT molecular complexity index is 1140. The number of carbonyl (C=O) groups excluding carboxylic acids is 3. The van der Waals surface area contributed by atoms with Crippen LogP contribution in [0.1, 0.15) is 29.9 Å². The first-order valence-corrected chi connectivity index (χ1v) is 12.4. The van der Waals surface area contributed by atoms with Crippen molar-refractivity contribution in [2.75, 3.05) is 20.2 Å². The monoisotopic (exact) mass is 520 g/mol. The van der Waals surface area contributed by atoms with E-state index in [-0.39, 0.29) is 18.2 Å². The maximum absolute atomic E-state index is 14.0. The zero-order chi connectivity index (χ0) is 27.1. The summed E-state index contributed by atoms with van der Waals surface area (Å²) in [4.78, 5) is 45.5. The van der Waals surface area contributed by atoms with Gasteiger partial charge < -0.3 is 31.3 Å². The number of carbonyl (C=O) groups is 3. The smallest absolute Gasteiger partial charge is 0.407 e. The number of amidine groups is 1. The summed E-state index contributed by atoms with van der Waals surface area (Å²) in [6.07, 6.45) is 0.746. The van der Waals surface area contributed by atoms with E-state index in [0.717, 1.165) is 17.5 Å². The summed E-state index contributed by atoms with van der Waals surface area (Å²) in [6, 6.07) is 17.0. The number of hydrogen-bond acceptors (Lipinski definition) is 8. The molecular formula is C27H32N6O5. The highest BCUT2D eigenvalue weighted by molar-refractivity contribution is 5.96. The molecule has 2 aromatic rings. The van der Waals surface area contributed by atoms with Gasteiger partial charge in [0.15, 0.2) is 11.9 Å². The van der Waals surface area contributed by atoms with Crippen LogP contribution in [0.4, 0.5) is 4.79 Å². The number of ketones is 1. The maximum atomic E-state index is 14.0. The number of hydrogen-bond donors (Lipinski definition) is 5. The Morgan fingerprint density at radius 3 is 2.21 bits per heavy atom. The first kappa shape index (κ1) is 26.8. The van der Waals surface area contributed by atoms with Crippen molar-refractivity contribution in [2.45, 2.75) is 37.0 Å². The summed E-state index contributed by atoms with van der Waals surface area (Å²) < 4.78 is 4.84. The Morgan fingerprint density at radius 1 is 1.08 bits per heavy atom. The molecule has 2 amide bonds. The quantitative estimate of drug-likeness (QED) is 0.232. The SMILES string of the molecule is COC(=O)N[C@@H](C(=O)NC(C(=O)[C@@H]1CCCN1)N1CC(C(=N)N)=CO1)C(c1ccccc1)c1ccccc1. The summed E-state index contributed by atoms with van der Waals surface area (Å²) >= 11 is 0. The average molecular weight is 521 g/mol. The van der Waals surface area contributed by atoms with Crippen LogP contribution in [0.2, 0.25) is 0 Å². The molecule has 2 aliphatic heterocycles. The number of alkyl carbamates (subject to hydrolysis) is 1. The highest BCUT2D eigenvalue weighted by atomic mass is 16.7. The van der Waals surface area contributed by atoms with Crippen LogP contribution in [0.5, 0.6) is 0 Å². The Morgan fingerprint density at radius 2 is 1.71 bits per heavy atom. The molecule has 200 valence electrons. The summed E-state index contributed by atoms with van der Waals surface area (Å²) in [5.74, 6) is -1.68. The summed E-state index contributed by atoms with van der Waals surface area (Å²) in [7, 11) is 1.22. The fourth-order valence-corrected chi connectivity index (χ4v) is 4.69. The van der Waals surface area contributed by atoms with E-state index in [0.29, 0.717) is 18.5 Å². The van der Waals surface area contributed by atoms with Crippen molar-refractivity contribution in [1.82, 2.24) is 21.0 Å². The molecule has 6 N–H and O–H groups in total. The van der Waals surface area contributed by atoms with Gasteiger partial charge in [0.2, 0.25) is 5.91 Å². The number of nitrogens with zero attached hydrogens (tertiary/aromatic N) is 1. The highest BCUT2D eigenvalue weighted by Crippen LogP contribution is 2.29. The average Bonchev–Trinajstić information content (AvgIpc) is 3.65. The van der Waals surface area contributed by atoms with Gasteiger partial charge >= 0.3 is 6.09 Å². The van der Waals surface area contributed by atoms with Crippen molar-refractivity contribution in [3.05, 3.63) is 83.6 Å². The Labute approximate surface area is 220 Å². The van der Waals surface area contributed by atoms with E-state index in [1.807, 2.05) is 60.7 Å². The second-order valence-electron chi connectivity index (χ2n) is 9.11. The Balaban J connectivity index is 1.68. The molecule has 2 heterocycles. The summed E-state index contributed by atoms with van der Waals surface area (Å²) in [6.45, 7) is 0.722. The van der Waals surface area contributed by atoms with Crippen LogP contribution in [0.25, 0.3) is 0 Å². The lowest BCUT2D eigenvalue weighted by molar-refractivity contribution is -0.158. The van der Waals surface area contributed by atoms with Gasteiger partial charge in [0.25, 0.3) is 0 Å². The van der Waals surface area contributed by atoms with Crippen molar-refractivity contribution < 1.29 is 24.0 Å². The van der Waals surface area contributed by atoms with Crippen LogP contribution in [0.15, 0.2) is 72.5 Å². The van der Waals surface area contributed by atoms with Crippen molar-refractivity contribution in [1.29, 1.82) is 5.41 Å². The predicted molar refractivity (Wildman–Crippen MR) is 140 cm³/mol. The Hall–Kier alpha value is -4.22. The second-order valence-corrected chi connectivity index (χ2v) is 9.11. The zero-order valence-electron chi connectivity index (χ0n) is 21.1. The van der Waals surface area contributed by atoms with Crippen LogP contribution in [-0.2, 0) is 19.2 Å². The van der Waals surface area contributed by atoms with E-state index in [1.165, 1.54) is 18.4 Å². The molecule has 1 saturated heterocycles. The van der Waals surface area contributed by atoms with Gasteiger partial charge in [0.05, 0.1) is 19.7 Å². The number of amides is 2. The molecule has 0 saturated carbocycles. The van der Waals surface area contributed by atoms with E-state index < -0.39 is 36.2 Å². The number of Topliss-reactive ketones (excluding diaryl/α,β-unsaturated/α-hetero) is 1. The largest absolute Gasteiger partial charge is 0.453 e. The van der Waals surface area contributed by atoms with E-state index in [9.17, 15) is 14.4 Å². The summed E-state index contributed by atoms with van der Waals surface area (Å²) in [5, 5.41) is 17.6. The molecule has 11 nitrogen and oxygen atoms in total. The number of nitrogens with one attached hydrogen (secondary N) is 4. The fraction of sp³-hybridized carbons (Fsp3) is 0.333. The van der Waals surface area contributed by atoms with E-state index >= 15 is 0 Å². The minimum atomic E-state index is -1.19. The molecule has 0 aromatic heterocycles. The number of rotatable bonds is 10. The number of benzene rings is 2. The number of hydroxylamine groups is 2. The summed E-state index contributed by atoms with van der Waals surface area (Å²) in [5.41, 5.74) is 7.56. The molecule has 1 fully saturated rings. The van der Waals surface area contributed by atoms with Gasteiger partial charge in [-0.1, -0.05) is 60.7 Å². The van der Waals surface area contributed by atoms with Crippen molar-refractivity contribution in [3.63, 3.8) is 0 Å². The minimum absolute atomic E-state index is 0.0363. The predicted octanol–water partition coefficient (Wildman–Crippen LogP) is 1.37. The van der Waals surface area contributed by atoms with Crippen LogP contribution in [-0.4, -0.2) is 67.1 Å². The third kappa shape index (κ3) is 6.18. The van der Waals surface area contributed by atoms with Gasteiger partial charge in [0.1, 0.15) is 18.1 Å². The molecule has 2 aromatic carbocycles. The molecule has 0 spiro atoms. The topological polar surface area (TPSA) is 159 Å². The van der Waals surface area contributed by atoms with Gasteiger partial charge in [-0.25, -0.2) is 4.79 Å². The van der Waals surface area contributed by atoms with Crippen LogP contribution in [0.3, 0.4) is 0 Å². The van der Waals surface area contributed by atoms with Gasteiger partial charge in [-0.2, -0.15) is 0 Å². The lowest BCUT2D eigenvalue weighted by Crippen LogP contribution is -2.60. The Kier molecular flexibility index (Phi) is 8.72. The zero-order valence-corrected chi connectivity index (χ0v) is 21.1. The van der Waals surface area contributed by atoms with Crippen LogP contribution < -0.4 is 21.7 Å². The molecule has 0 aliphatic carbocycles. The van der Waals surface area contributed by atoms with Gasteiger partial charge in [-0.15, -0.1) is 5.06 Å². The van der Waals surface area contributed by atoms with E-state index in [4.69, 9.17) is 20.7 Å². The van der Waals surface area contributed by atoms with Crippen molar-refractivity contribution in [3.8, 4) is 0 Å². The lowest BCUT2D eigenvalue weighted by Gasteiger charge is -2.32. The molecule has 38 heavy (non-hydrogen) atoms. The normalized spacial score (nSPS) is 18.7. The molecule has 1 unspecified atom stereocenters. The van der Waals surface area contributed by atoms with Crippen molar-refractivity contribution in [2.24, 2.45) is 5.73 Å². The molecule has 11 heteroatoms.